The quantitative estimate of drug-likeness (QED) is 0.775. The van der Waals surface area contributed by atoms with E-state index in [0.717, 1.165) is 19.4 Å². The van der Waals surface area contributed by atoms with Crippen molar-refractivity contribution in [3.8, 4) is 0 Å². The first-order chi connectivity index (χ1) is 7.74. The molecule has 0 radical (unpaired) electrons. The van der Waals surface area contributed by atoms with E-state index in [1.807, 2.05) is 4.90 Å². The van der Waals surface area contributed by atoms with Crippen LogP contribution in [0.4, 0.5) is 0 Å². The summed E-state index contributed by atoms with van der Waals surface area (Å²) in [4.78, 5) is 25.0. The molecule has 1 amide bonds. The van der Waals surface area contributed by atoms with E-state index in [1.54, 1.807) is 13.8 Å². The van der Waals surface area contributed by atoms with Gasteiger partial charge in [0.1, 0.15) is 0 Å². The summed E-state index contributed by atoms with van der Waals surface area (Å²) in [6.07, 6.45) is 2.21. The van der Waals surface area contributed by atoms with Gasteiger partial charge in [0, 0.05) is 19.0 Å². The van der Waals surface area contributed by atoms with Gasteiger partial charge in [0.2, 0.25) is 5.91 Å². The van der Waals surface area contributed by atoms with E-state index in [0.29, 0.717) is 12.0 Å². The Morgan fingerprint density at radius 1 is 1.35 bits per heavy atom. The minimum atomic E-state index is -0.971. The molecule has 98 valence electrons. The number of hydrogen-bond acceptors (Lipinski definition) is 2. The maximum atomic E-state index is 12.1. The summed E-state index contributed by atoms with van der Waals surface area (Å²) in [5, 5.41) is 9.04. The molecule has 1 fully saturated rings. The van der Waals surface area contributed by atoms with Gasteiger partial charge < -0.3 is 10.0 Å². The molecular formula is C13H23NO3. The monoisotopic (exact) mass is 241 g/mol. The number of amides is 1. The Labute approximate surface area is 103 Å². The summed E-state index contributed by atoms with van der Waals surface area (Å²) in [6, 6.07) is 0.356. The molecule has 4 heteroatoms. The number of carbonyl (C=O) groups excluding carboxylic acids is 1. The fraction of sp³-hybridized carbons (Fsp3) is 0.846. The van der Waals surface area contributed by atoms with Crippen molar-refractivity contribution in [3.63, 3.8) is 0 Å². The van der Waals surface area contributed by atoms with Gasteiger partial charge in [-0.3, -0.25) is 9.59 Å². The van der Waals surface area contributed by atoms with Crippen LogP contribution in [0.1, 0.15) is 47.0 Å². The third kappa shape index (κ3) is 4.02. The Morgan fingerprint density at radius 2 is 1.88 bits per heavy atom. The van der Waals surface area contributed by atoms with Gasteiger partial charge >= 0.3 is 5.97 Å². The van der Waals surface area contributed by atoms with Gasteiger partial charge in [-0.1, -0.05) is 13.8 Å². The zero-order chi connectivity index (χ0) is 13.2. The summed E-state index contributed by atoms with van der Waals surface area (Å²) in [5.41, 5.74) is -0.971. The highest BCUT2D eigenvalue weighted by atomic mass is 16.4. The summed E-state index contributed by atoms with van der Waals surface area (Å²) in [5.74, 6) is -0.507. The first kappa shape index (κ1) is 14.0. The average molecular weight is 241 g/mol. The van der Waals surface area contributed by atoms with Gasteiger partial charge in [-0.05, 0) is 32.6 Å². The van der Waals surface area contributed by atoms with E-state index in [4.69, 9.17) is 5.11 Å². The third-order valence-corrected chi connectivity index (χ3v) is 3.04. The van der Waals surface area contributed by atoms with Gasteiger partial charge in [-0.2, -0.15) is 0 Å². The van der Waals surface area contributed by atoms with Crippen LogP contribution in [0.25, 0.3) is 0 Å². The number of rotatable bonds is 6. The van der Waals surface area contributed by atoms with Crippen molar-refractivity contribution in [2.45, 2.75) is 53.0 Å². The molecule has 0 aromatic rings. The topological polar surface area (TPSA) is 57.6 Å². The van der Waals surface area contributed by atoms with Crippen molar-refractivity contribution in [3.05, 3.63) is 0 Å². The van der Waals surface area contributed by atoms with Gasteiger partial charge in [0.15, 0.2) is 0 Å². The number of hydrogen-bond donors (Lipinski definition) is 1. The zero-order valence-electron chi connectivity index (χ0n) is 11.2. The maximum Gasteiger partial charge on any atom is 0.309 e. The highest BCUT2D eigenvalue weighted by Crippen LogP contribution is 2.30. The molecule has 0 spiro atoms. The van der Waals surface area contributed by atoms with E-state index < -0.39 is 11.4 Å². The van der Waals surface area contributed by atoms with Gasteiger partial charge in [-0.25, -0.2) is 0 Å². The molecule has 1 saturated carbocycles. The van der Waals surface area contributed by atoms with Crippen molar-refractivity contribution in [1.82, 2.24) is 4.90 Å². The largest absolute Gasteiger partial charge is 0.481 e. The molecule has 17 heavy (non-hydrogen) atoms. The molecule has 0 aromatic heterocycles. The van der Waals surface area contributed by atoms with Crippen LogP contribution in [0, 0.1) is 11.3 Å². The van der Waals surface area contributed by atoms with Crippen LogP contribution >= 0.6 is 0 Å². The van der Waals surface area contributed by atoms with Crippen molar-refractivity contribution < 1.29 is 14.7 Å². The second kappa shape index (κ2) is 5.07. The van der Waals surface area contributed by atoms with Crippen LogP contribution in [0.5, 0.6) is 0 Å². The molecule has 0 heterocycles. The molecular weight excluding hydrogens is 218 g/mol. The van der Waals surface area contributed by atoms with Crippen molar-refractivity contribution >= 4 is 11.9 Å². The summed E-state index contributed by atoms with van der Waals surface area (Å²) in [7, 11) is 0. The van der Waals surface area contributed by atoms with Gasteiger partial charge in [-0.15, -0.1) is 0 Å². The highest BCUT2D eigenvalue weighted by molar-refractivity contribution is 5.84. The van der Waals surface area contributed by atoms with Crippen LogP contribution in [0.15, 0.2) is 0 Å². The molecule has 0 aromatic carbocycles. The second-order valence-electron chi connectivity index (χ2n) is 6.04. The molecule has 0 aliphatic heterocycles. The van der Waals surface area contributed by atoms with Crippen LogP contribution < -0.4 is 0 Å². The van der Waals surface area contributed by atoms with Gasteiger partial charge in [0.05, 0.1) is 5.41 Å². The van der Waals surface area contributed by atoms with Crippen LogP contribution in [-0.4, -0.2) is 34.5 Å². The van der Waals surface area contributed by atoms with Crippen LogP contribution in [-0.2, 0) is 9.59 Å². The number of carboxylic acid groups (broad SMARTS) is 1. The van der Waals surface area contributed by atoms with Crippen molar-refractivity contribution in [1.29, 1.82) is 0 Å². The fourth-order valence-electron chi connectivity index (χ4n) is 1.79. The molecule has 0 bridgehead atoms. The minimum Gasteiger partial charge on any atom is -0.481 e. The Bertz CT molecular complexity index is 306. The molecule has 1 aliphatic carbocycles. The molecule has 4 nitrogen and oxygen atoms in total. The number of nitrogens with zero attached hydrogens (tertiary/aromatic N) is 1. The lowest BCUT2D eigenvalue weighted by molar-refractivity contribution is -0.151. The SMILES string of the molecule is CC(C)CN(C(=O)CC(C)(C)C(=O)O)C1CC1. The number of carboxylic acids is 1. The lowest BCUT2D eigenvalue weighted by Crippen LogP contribution is -2.40. The predicted octanol–water partition coefficient (Wildman–Crippen LogP) is 2.13. The second-order valence-corrected chi connectivity index (χ2v) is 6.04. The third-order valence-electron chi connectivity index (χ3n) is 3.04. The van der Waals surface area contributed by atoms with Crippen molar-refractivity contribution in [2.75, 3.05) is 6.54 Å². The lowest BCUT2D eigenvalue weighted by atomic mass is 9.89. The molecule has 1 aliphatic rings. The van der Waals surface area contributed by atoms with E-state index in [9.17, 15) is 9.59 Å². The number of aliphatic carboxylic acids is 1. The predicted molar refractivity (Wildman–Crippen MR) is 65.6 cm³/mol. The molecule has 1 rings (SSSR count). The molecule has 0 atom stereocenters. The Hall–Kier alpha value is -1.06. The maximum absolute atomic E-state index is 12.1. The highest BCUT2D eigenvalue weighted by Gasteiger charge is 2.37. The van der Waals surface area contributed by atoms with E-state index in [-0.39, 0.29) is 12.3 Å². The zero-order valence-corrected chi connectivity index (χ0v) is 11.2. The first-order valence-electron chi connectivity index (χ1n) is 6.27. The minimum absolute atomic E-state index is 0.0198. The van der Waals surface area contributed by atoms with Crippen molar-refractivity contribution in [2.24, 2.45) is 11.3 Å². The lowest BCUT2D eigenvalue weighted by Gasteiger charge is -2.28. The molecule has 0 saturated heterocycles. The van der Waals surface area contributed by atoms with E-state index in [2.05, 4.69) is 13.8 Å². The first-order valence-corrected chi connectivity index (χ1v) is 6.27. The van der Waals surface area contributed by atoms with E-state index in [1.165, 1.54) is 0 Å². The van der Waals surface area contributed by atoms with Crippen LogP contribution in [0.3, 0.4) is 0 Å². The van der Waals surface area contributed by atoms with Crippen LogP contribution in [0.2, 0.25) is 0 Å². The smallest absolute Gasteiger partial charge is 0.309 e. The summed E-state index contributed by atoms with van der Waals surface area (Å²) < 4.78 is 0. The Morgan fingerprint density at radius 3 is 2.24 bits per heavy atom. The normalized spacial score (nSPS) is 16.1. The fourth-order valence-corrected chi connectivity index (χ4v) is 1.79. The Kier molecular flexibility index (Phi) is 4.17. The standard InChI is InChI=1S/C13H23NO3/c1-9(2)8-14(10-5-6-10)11(15)7-13(3,4)12(16)17/h9-10H,5-8H2,1-4H3,(H,16,17). The molecule has 1 N–H and O–H groups in total. The number of carbonyl (C=O) groups is 2. The van der Waals surface area contributed by atoms with Gasteiger partial charge in [0.25, 0.3) is 0 Å². The molecule has 0 unspecified atom stereocenters. The summed E-state index contributed by atoms with van der Waals surface area (Å²) in [6.45, 7) is 8.09. The average Bonchev–Trinajstić information content (AvgIpc) is 2.95. The van der Waals surface area contributed by atoms with E-state index >= 15 is 0 Å². The Balaban J connectivity index is 2.62. The summed E-state index contributed by atoms with van der Waals surface area (Å²) >= 11 is 0.